The monoisotopic (exact) mass is 390 g/mol. The maximum absolute atomic E-state index is 13.1. The average molecular weight is 390 g/mol. The van der Waals surface area contributed by atoms with Crippen LogP contribution in [0.15, 0.2) is 45.5 Å². The third kappa shape index (κ3) is 5.47. The molecule has 0 aliphatic rings. The van der Waals surface area contributed by atoms with Crippen molar-refractivity contribution in [3.05, 3.63) is 52.6 Å². The van der Waals surface area contributed by atoms with E-state index in [0.29, 0.717) is 29.3 Å². The van der Waals surface area contributed by atoms with Crippen LogP contribution in [-0.4, -0.2) is 26.2 Å². The number of thiophene rings is 1. The van der Waals surface area contributed by atoms with Crippen LogP contribution in [-0.2, 0) is 16.4 Å². The molecule has 2 heterocycles. The molecule has 5 nitrogen and oxygen atoms in total. The van der Waals surface area contributed by atoms with Crippen LogP contribution in [0.5, 0.6) is 0 Å². The first-order chi connectivity index (χ1) is 11.4. The van der Waals surface area contributed by atoms with Gasteiger partial charge in [0.1, 0.15) is 5.82 Å². The fraction of sp³-hybridized carbons (Fsp3) is 0.188. The van der Waals surface area contributed by atoms with E-state index in [1.54, 1.807) is 12.1 Å². The summed E-state index contributed by atoms with van der Waals surface area (Å²) in [6.07, 6.45) is 1.50. The van der Waals surface area contributed by atoms with E-state index in [2.05, 4.69) is 9.71 Å². The molecule has 0 amide bonds. The Hall–Kier alpha value is -1.03. The molecule has 0 saturated heterocycles. The fourth-order valence-corrected chi connectivity index (χ4v) is 3.32. The fourth-order valence-electron chi connectivity index (χ4n) is 2.21. The second-order valence-electron chi connectivity index (χ2n) is 5.23. The Balaban J connectivity index is 0.00000169. The van der Waals surface area contributed by atoms with Crippen molar-refractivity contribution in [1.82, 2.24) is 9.71 Å². The van der Waals surface area contributed by atoms with Gasteiger partial charge in [-0.25, -0.2) is 22.5 Å². The normalized spacial score (nSPS) is 11.3. The number of hydrogen-bond donors (Lipinski definition) is 1. The zero-order valence-electron chi connectivity index (χ0n) is 14.8. The summed E-state index contributed by atoms with van der Waals surface area (Å²) in [5.41, 5.74) is 2.20. The van der Waals surface area contributed by atoms with Crippen molar-refractivity contribution in [3.63, 3.8) is 0 Å². The summed E-state index contributed by atoms with van der Waals surface area (Å²) in [4.78, 5) is 4.47. The van der Waals surface area contributed by atoms with Gasteiger partial charge in [-0.3, -0.25) is 0 Å². The summed E-state index contributed by atoms with van der Waals surface area (Å²) < 4.78 is 43.8. The van der Waals surface area contributed by atoms with Crippen LogP contribution in [0.25, 0.3) is 22.8 Å². The number of aromatic nitrogens is 1. The van der Waals surface area contributed by atoms with E-state index in [0.717, 1.165) is 11.8 Å². The molecule has 1 N–H and O–H groups in total. The Morgan fingerprint density at radius 2 is 1.96 bits per heavy atom. The first kappa shape index (κ1) is 20.3. The summed E-state index contributed by atoms with van der Waals surface area (Å²) in [7, 11) is -3.26. The number of oxazole rings is 1. The van der Waals surface area contributed by atoms with Gasteiger partial charge in [0.15, 0.2) is 5.76 Å². The molecule has 3 rings (SSSR count). The van der Waals surface area contributed by atoms with Crippen LogP contribution < -0.4 is 34.3 Å². The minimum Gasteiger partial charge on any atom is -1.00 e. The molecule has 0 aliphatic heterocycles. The van der Waals surface area contributed by atoms with E-state index < -0.39 is 10.0 Å². The van der Waals surface area contributed by atoms with E-state index in [9.17, 15) is 12.8 Å². The molecule has 25 heavy (non-hydrogen) atoms. The molecule has 0 bridgehead atoms. The van der Waals surface area contributed by atoms with Crippen molar-refractivity contribution >= 4 is 21.4 Å². The van der Waals surface area contributed by atoms with Crippen molar-refractivity contribution in [2.75, 3.05) is 12.8 Å². The van der Waals surface area contributed by atoms with E-state index in [4.69, 9.17) is 4.42 Å². The molecule has 0 atom stereocenters. The molecular formula is C16H16FN2NaO3S2. The molecule has 1 aromatic carbocycles. The Morgan fingerprint density at radius 3 is 2.56 bits per heavy atom. The first-order valence-electron chi connectivity index (χ1n) is 7.15. The van der Waals surface area contributed by atoms with Gasteiger partial charge in [0.25, 0.3) is 0 Å². The molecule has 2 aromatic heterocycles. The predicted octanol–water partition coefficient (Wildman–Crippen LogP) is 0.417. The molecule has 0 radical (unpaired) electrons. The summed E-state index contributed by atoms with van der Waals surface area (Å²) >= 11 is 1.53. The SMILES string of the molecule is CS(=O)(=O)NCCc1nc(-c2ccc(F)cc2)oc1-c1ccsc1.[H-].[Na+]. The van der Waals surface area contributed by atoms with Gasteiger partial charge in [0.2, 0.25) is 15.9 Å². The molecule has 0 fully saturated rings. The standard InChI is InChI=1S/C16H15FN2O3S2.Na.H/c1-24(20,21)18-8-6-14-15(12-7-9-23-10-12)22-16(19-14)11-2-4-13(17)5-3-11;;/h2-5,7,9-10,18H,6,8H2,1H3;;/q;+1;-1. The number of nitrogens with zero attached hydrogens (tertiary/aromatic N) is 1. The first-order valence-corrected chi connectivity index (χ1v) is 9.98. The number of hydrogen-bond acceptors (Lipinski definition) is 5. The minimum atomic E-state index is -3.26. The Labute approximate surface area is 173 Å². The smallest absolute Gasteiger partial charge is 1.00 e. The predicted molar refractivity (Wildman–Crippen MR) is 92.9 cm³/mol. The third-order valence-electron chi connectivity index (χ3n) is 3.30. The Morgan fingerprint density at radius 1 is 1.24 bits per heavy atom. The van der Waals surface area contributed by atoms with Crippen molar-refractivity contribution in [3.8, 4) is 22.8 Å². The van der Waals surface area contributed by atoms with Gasteiger partial charge >= 0.3 is 29.6 Å². The van der Waals surface area contributed by atoms with Gasteiger partial charge in [-0.15, -0.1) is 0 Å². The van der Waals surface area contributed by atoms with Crippen molar-refractivity contribution in [1.29, 1.82) is 0 Å². The van der Waals surface area contributed by atoms with Crippen molar-refractivity contribution < 1.29 is 48.2 Å². The van der Waals surface area contributed by atoms with Gasteiger partial charge < -0.3 is 5.84 Å². The molecule has 0 unspecified atom stereocenters. The zero-order valence-corrected chi connectivity index (χ0v) is 17.5. The average Bonchev–Trinajstić information content (AvgIpc) is 3.15. The summed E-state index contributed by atoms with van der Waals surface area (Å²) in [5.74, 6) is 0.650. The molecule has 0 aliphatic carbocycles. The second-order valence-corrected chi connectivity index (χ2v) is 7.84. The van der Waals surface area contributed by atoms with Crippen LogP contribution >= 0.6 is 11.3 Å². The zero-order chi connectivity index (χ0) is 17.2. The number of nitrogens with one attached hydrogen (secondary N) is 1. The van der Waals surface area contributed by atoms with Crippen molar-refractivity contribution in [2.45, 2.75) is 6.42 Å². The number of halogens is 1. The van der Waals surface area contributed by atoms with Gasteiger partial charge in [-0.2, -0.15) is 11.3 Å². The summed E-state index contributed by atoms with van der Waals surface area (Å²) in [6.45, 7) is 0.228. The van der Waals surface area contributed by atoms with Gasteiger partial charge in [0, 0.05) is 29.5 Å². The van der Waals surface area contributed by atoms with E-state index in [1.807, 2.05) is 16.8 Å². The molecule has 9 heteroatoms. The van der Waals surface area contributed by atoms with Gasteiger partial charge in [0.05, 0.1) is 11.9 Å². The van der Waals surface area contributed by atoms with E-state index in [1.165, 1.54) is 23.5 Å². The number of rotatable bonds is 6. The van der Waals surface area contributed by atoms with E-state index >= 15 is 0 Å². The quantitative estimate of drug-likeness (QED) is 0.619. The van der Waals surface area contributed by atoms with Gasteiger partial charge in [-0.1, -0.05) is 0 Å². The van der Waals surface area contributed by atoms with Crippen LogP contribution in [0.3, 0.4) is 0 Å². The molecule has 3 aromatic rings. The number of benzene rings is 1. The number of sulfonamides is 1. The maximum atomic E-state index is 13.1. The van der Waals surface area contributed by atoms with Gasteiger partial charge in [-0.05, 0) is 35.7 Å². The molecule has 0 spiro atoms. The second kappa shape index (κ2) is 8.57. The molecule has 128 valence electrons. The topological polar surface area (TPSA) is 72.2 Å². The Kier molecular flexibility index (Phi) is 6.95. The van der Waals surface area contributed by atoms with Crippen LogP contribution in [0.1, 0.15) is 7.12 Å². The maximum Gasteiger partial charge on any atom is 1.00 e. The third-order valence-corrected chi connectivity index (χ3v) is 4.71. The minimum absolute atomic E-state index is 0. The molecule has 0 saturated carbocycles. The van der Waals surface area contributed by atoms with E-state index in [-0.39, 0.29) is 43.3 Å². The largest absolute Gasteiger partial charge is 1.00 e. The molecular weight excluding hydrogens is 374 g/mol. The van der Waals surface area contributed by atoms with Crippen LogP contribution in [0.4, 0.5) is 4.39 Å². The summed E-state index contributed by atoms with van der Waals surface area (Å²) in [5, 5.41) is 3.86. The van der Waals surface area contributed by atoms with Crippen LogP contribution in [0.2, 0.25) is 0 Å². The van der Waals surface area contributed by atoms with Crippen molar-refractivity contribution in [2.24, 2.45) is 0 Å². The summed E-state index contributed by atoms with van der Waals surface area (Å²) in [6, 6.07) is 7.78. The van der Waals surface area contributed by atoms with Crippen LogP contribution in [0, 0.1) is 5.82 Å². The Bertz CT molecular complexity index is 929.